The van der Waals surface area contributed by atoms with E-state index in [0.29, 0.717) is 0 Å². The van der Waals surface area contributed by atoms with Gasteiger partial charge in [-0.1, -0.05) is 36.4 Å². The molecule has 0 aliphatic carbocycles. The van der Waals surface area contributed by atoms with Gasteiger partial charge in [-0.05, 0) is 55.3 Å². The van der Waals surface area contributed by atoms with Gasteiger partial charge in [0, 0.05) is 11.1 Å². The van der Waals surface area contributed by atoms with Crippen LogP contribution < -0.4 is 4.74 Å². The second-order valence-corrected chi connectivity index (χ2v) is 6.46. The highest BCUT2D eigenvalue weighted by Crippen LogP contribution is 2.33. The Morgan fingerprint density at radius 2 is 1.42 bits per heavy atom. The lowest BCUT2D eigenvalue weighted by molar-refractivity contribution is 0.412. The van der Waals surface area contributed by atoms with E-state index in [4.69, 9.17) is 14.7 Å². The predicted molar refractivity (Wildman–Crippen MR) is 106 cm³/mol. The normalized spacial score (nSPS) is 10.9. The van der Waals surface area contributed by atoms with E-state index in [9.17, 15) is 0 Å². The molecule has 0 saturated heterocycles. The third-order valence-electron chi connectivity index (χ3n) is 4.54. The summed E-state index contributed by atoms with van der Waals surface area (Å²) in [4.78, 5) is 9.92. The zero-order valence-corrected chi connectivity index (χ0v) is 15.2. The number of aromatic nitrogens is 2. The molecule has 0 fully saturated rings. The molecule has 0 spiro atoms. The summed E-state index contributed by atoms with van der Waals surface area (Å²) < 4.78 is 5.40. The first-order chi connectivity index (χ1) is 12.7. The standard InChI is InChI=1S/C23H20N2O/c1-15-9-11-19-20(13-15)25-22(17-7-5-4-6-8-17)23(24-19)18-10-12-21(26-3)16(2)14-18/h4-14H,1-3H3. The Morgan fingerprint density at radius 1 is 0.692 bits per heavy atom. The maximum Gasteiger partial charge on any atom is 0.121 e. The molecule has 0 unspecified atom stereocenters. The Kier molecular flexibility index (Phi) is 4.13. The molecule has 128 valence electrons. The number of nitrogens with zero attached hydrogens (tertiary/aromatic N) is 2. The number of fused-ring (bicyclic) bond motifs is 1. The molecule has 0 N–H and O–H groups in total. The average Bonchev–Trinajstić information content (AvgIpc) is 2.67. The topological polar surface area (TPSA) is 35.0 Å². The van der Waals surface area contributed by atoms with Gasteiger partial charge in [0.15, 0.2) is 0 Å². The summed E-state index contributed by atoms with van der Waals surface area (Å²) in [6.07, 6.45) is 0. The third-order valence-corrected chi connectivity index (χ3v) is 4.54. The fourth-order valence-electron chi connectivity index (χ4n) is 3.19. The van der Waals surface area contributed by atoms with Crippen LogP contribution in [0.2, 0.25) is 0 Å². The van der Waals surface area contributed by atoms with Crippen molar-refractivity contribution in [2.75, 3.05) is 7.11 Å². The maximum absolute atomic E-state index is 5.40. The van der Waals surface area contributed by atoms with Crippen molar-refractivity contribution in [3.05, 3.63) is 77.9 Å². The van der Waals surface area contributed by atoms with Crippen LogP contribution in [0.5, 0.6) is 5.75 Å². The summed E-state index contributed by atoms with van der Waals surface area (Å²) in [5.74, 6) is 0.874. The first kappa shape index (κ1) is 16.3. The van der Waals surface area contributed by atoms with Crippen LogP contribution in [0.25, 0.3) is 33.5 Å². The molecule has 4 rings (SSSR count). The molecule has 26 heavy (non-hydrogen) atoms. The summed E-state index contributed by atoms with van der Waals surface area (Å²) >= 11 is 0. The molecule has 3 nitrogen and oxygen atoms in total. The molecule has 3 aromatic carbocycles. The summed E-state index contributed by atoms with van der Waals surface area (Å²) in [7, 11) is 1.69. The van der Waals surface area contributed by atoms with Gasteiger partial charge in [0.1, 0.15) is 5.75 Å². The molecule has 1 aromatic heterocycles. The fourth-order valence-corrected chi connectivity index (χ4v) is 3.19. The van der Waals surface area contributed by atoms with Crippen molar-refractivity contribution < 1.29 is 4.74 Å². The van der Waals surface area contributed by atoms with Crippen molar-refractivity contribution in [2.24, 2.45) is 0 Å². The molecule has 0 bridgehead atoms. The van der Waals surface area contributed by atoms with E-state index in [-0.39, 0.29) is 0 Å². The number of rotatable bonds is 3. The molecule has 4 aromatic rings. The number of hydrogen-bond donors (Lipinski definition) is 0. The van der Waals surface area contributed by atoms with Gasteiger partial charge < -0.3 is 4.74 Å². The van der Waals surface area contributed by atoms with Crippen molar-refractivity contribution in [2.45, 2.75) is 13.8 Å². The van der Waals surface area contributed by atoms with Crippen molar-refractivity contribution in [3.8, 4) is 28.3 Å². The van der Waals surface area contributed by atoms with Gasteiger partial charge in [0.25, 0.3) is 0 Å². The molecular weight excluding hydrogens is 320 g/mol. The Labute approximate surface area is 153 Å². The van der Waals surface area contributed by atoms with Crippen LogP contribution in [0.1, 0.15) is 11.1 Å². The predicted octanol–water partition coefficient (Wildman–Crippen LogP) is 5.59. The lowest BCUT2D eigenvalue weighted by Gasteiger charge is -2.12. The van der Waals surface area contributed by atoms with Gasteiger partial charge in [0.2, 0.25) is 0 Å². The van der Waals surface area contributed by atoms with Gasteiger partial charge in [-0.25, -0.2) is 9.97 Å². The SMILES string of the molecule is COc1ccc(-c2nc3ccc(C)cc3nc2-c2ccccc2)cc1C. The molecule has 0 aliphatic heterocycles. The molecule has 0 aliphatic rings. The first-order valence-corrected chi connectivity index (χ1v) is 8.64. The van der Waals surface area contributed by atoms with Crippen molar-refractivity contribution in [1.82, 2.24) is 9.97 Å². The highest BCUT2D eigenvalue weighted by Gasteiger charge is 2.14. The number of benzene rings is 3. The highest BCUT2D eigenvalue weighted by molar-refractivity contribution is 5.86. The number of ether oxygens (including phenoxy) is 1. The monoisotopic (exact) mass is 340 g/mol. The first-order valence-electron chi connectivity index (χ1n) is 8.64. The minimum Gasteiger partial charge on any atom is -0.496 e. The van der Waals surface area contributed by atoms with Gasteiger partial charge >= 0.3 is 0 Å². The van der Waals surface area contributed by atoms with Crippen LogP contribution in [-0.2, 0) is 0 Å². The number of hydrogen-bond acceptors (Lipinski definition) is 3. The second-order valence-electron chi connectivity index (χ2n) is 6.46. The van der Waals surface area contributed by atoms with E-state index in [1.54, 1.807) is 7.11 Å². The summed E-state index contributed by atoms with van der Waals surface area (Å²) in [6.45, 7) is 4.12. The Morgan fingerprint density at radius 3 is 2.15 bits per heavy atom. The smallest absolute Gasteiger partial charge is 0.121 e. The van der Waals surface area contributed by atoms with Crippen LogP contribution in [0.15, 0.2) is 66.7 Å². The van der Waals surface area contributed by atoms with Gasteiger partial charge in [0.05, 0.1) is 29.5 Å². The summed E-state index contributed by atoms with van der Waals surface area (Å²) in [6, 6.07) is 22.5. The van der Waals surface area contributed by atoms with Crippen LogP contribution in [0, 0.1) is 13.8 Å². The van der Waals surface area contributed by atoms with E-state index >= 15 is 0 Å². The fraction of sp³-hybridized carbons (Fsp3) is 0.130. The average molecular weight is 340 g/mol. The van der Waals surface area contributed by atoms with E-state index < -0.39 is 0 Å². The quantitative estimate of drug-likeness (QED) is 0.488. The lowest BCUT2D eigenvalue weighted by atomic mass is 10.0. The Bertz CT molecular complexity index is 1090. The van der Waals surface area contributed by atoms with E-state index in [2.05, 4.69) is 37.3 Å². The van der Waals surface area contributed by atoms with E-state index in [1.807, 2.05) is 43.3 Å². The van der Waals surface area contributed by atoms with Crippen LogP contribution in [0.3, 0.4) is 0 Å². The maximum atomic E-state index is 5.40. The molecule has 0 amide bonds. The van der Waals surface area contributed by atoms with Gasteiger partial charge in [-0.2, -0.15) is 0 Å². The van der Waals surface area contributed by atoms with Crippen LogP contribution >= 0.6 is 0 Å². The van der Waals surface area contributed by atoms with Crippen LogP contribution in [-0.4, -0.2) is 17.1 Å². The second kappa shape index (κ2) is 6.60. The number of methoxy groups -OCH3 is 1. The van der Waals surface area contributed by atoms with Crippen molar-refractivity contribution >= 4 is 11.0 Å². The summed E-state index contributed by atoms with van der Waals surface area (Å²) in [5.41, 5.74) is 7.96. The number of aryl methyl sites for hydroxylation is 2. The van der Waals surface area contributed by atoms with Gasteiger partial charge in [-0.15, -0.1) is 0 Å². The Balaban J connectivity index is 2.00. The molecule has 0 radical (unpaired) electrons. The van der Waals surface area contributed by atoms with Crippen LogP contribution in [0.4, 0.5) is 0 Å². The third kappa shape index (κ3) is 2.92. The zero-order chi connectivity index (χ0) is 18.1. The molecule has 0 atom stereocenters. The van der Waals surface area contributed by atoms with E-state index in [0.717, 1.165) is 44.9 Å². The highest BCUT2D eigenvalue weighted by atomic mass is 16.5. The minimum absolute atomic E-state index is 0.874. The molecule has 0 saturated carbocycles. The van der Waals surface area contributed by atoms with Crippen molar-refractivity contribution in [1.29, 1.82) is 0 Å². The molecule has 1 heterocycles. The molecule has 3 heteroatoms. The van der Waals surface area contributed by atoms with Crippen molar-refractivity contribution in [3.63, 3.8) is 0 Å². The lowest BCUT2D eigenvalue weighted by Crippen LogP contribution is -1.96. The Hall–Kier alpha value is -3.20. The molecular formula is C23H20N2O. The largest absolute Gasteiger partial charge is 0.496 e. The zero-order valence-electron chi connectivity index (χ0n) is 15.2. The van der Waals surface area contributed by atoms with E-state index in [1.165, 1.54) is 5.56 Å². The summed E-state index contributed by atoms with van der Waals surface area (Å²) in [5, 5.41) is 0. The van der Waals surface area contributed by atoms with Gasteiger partial charge in [-0.3, -0.25) is 0 Å². The minimum atomic E-state index is 0.874.